The maximum absolute atomic E-state index is 12.3. The molecule has 0 aliphatic carbocycles. The molecule has 0 spiro atoms. The predicted molar refractivity (Wildman–Crippen MR) is 96.6 cm³/mol. The van der Waals surface area contributed by atoms with E-state index in [1.165, 1.54) is 0 Å². The van der Waals surface area contributed by atoms with Gasteiger partial charge in [-0.2, -0.15) is 0 Å². The van der Waals surface area contributed by atoms with E-state index >= 15 is 0 Å². The van der Waals surface area contributed by atoms with Crippen molar-refractivity contribution in [3.8, 4) is 0 Å². The van der Waals surface area contributed by atoms with Gasteiger partial charge in [0.2, 0.25) is 0 Å². The number of amides is 1. The topological polar surface area (TPSA) is 54.0 Å². The summed E-state index contributed by atoms with van der Waals surface area (Å²) < 4.78 is 0. The minimum absolute atomic E-state index is 0.221. The second-order valence-corrected chi connectivity index (χ2v) is 5.67. The van der Waals surface area contributed by atoms with Crippen molar-refractivity contribution in [2.45, 2.75) is 6.54 Å². The lowest BCUT2D eigenvalue weighted by atomic mass is 10.2. The molecule has 3 aromatic rings. The molecule has 0 fully saturated rings. The van der Waals surface area contributed by atoms with Gasteiger partial charge in [-0.1, -0.05) is 41.9 Å². The molecule has 0 radical (unpaired) electrons. The van der Waals surface area contributed by atoms with E-state index in [1.54, 1.807) is 24.4 Å². The predicted octanol–water partition coefficient (Wildman–Crippen LogP) is 4.41. The van der Waals surface area contributed by atoms with Crippen molar-refractivity contribution >= 4 is 28.9 Å². The maximum atomic E-state index is 12.3. The highest BCUT2D eigenvalue weighted by molar-refractivity contribution is 6.30. The van der Waals surface area contributed by atoms with Crippen LogP contribution in [0.5, 0.6) is 0 Å². The summed E-state index contributed by atoms with van der Waals surface area (Å²) in [7, 11) is 0. The Kier molecular flexibility index (Phi) is 5.08. The van der Waals surface area contributed by atoms with Crippen LogP contribution in [0.4, 0.5) is 11.4 Å². The van der Waals surface area contributed by atoms with Crippen molar-refractivity contribution < 1.29 is 4.79 Å². The van der Waals surface area contributed by atoms with Crippen LogP contribution in [0.15, 0.2) is 72.9 Å². The van der Waals surface area contributed by atoms with E-state index < -0.39 is 0 Å². The molecule has 0 atom stereocenters. The molecule has 0 aliphatic rings. The summed E-state index contributed by atoms with van der Waals surface area (Å²) in [6.07, 6.45) is 1.61. The third-order valence-electron chi connectivity index (χ3n) is 3.42. The van der Waals surface area contributed by atoms with Crippen molar-refractivity contribution in [3.05, 3.63) is 89.2 Å². The van der Waals surface area contributed by atoms with Crippen molar-refractivity contribution in [1.82, 2.24) is 10.3 Å². The van der Waals surface area contributed by atoms with Crippen molar-refractivity contribution in [3.63, 3.8) is 0 Å². The number of carbonyl (C=O) groups is 1. The van der Waals surface area contributed by atoms with Crippen LogP contribution in [0.1, 0.15) is 16.1 Å². The summed E-state index contributed by atoms with van der Waals surface area (Å²) in [5.74, 6) is -0.221. The number of nitrogens with zero attached hydrogens (tertiary/aromatic N) is 1. The van der Waals surface area contributed by atoms with Crippen LogP contribution < -0.4 is 10.6 Å². The van der Waals surface area contributed by atoms with Crippen molar-refractivity contribution in [1.29, 1.82) is 0 Å². The van der Waals surface area contributed by atoms with E-state index in [-0.39, 0.29) is 5.91 Å². The standard InChI is InChI=1S/C19H16ClN3O/c20-15-8-6-14(7-9-15)13-22-19(24)18-12-17(10-11-21-18)23-16-4-2-1-3-5-16/h1-12H,13H2,(H,21,23)(H,22,24). The molecule has 0 bridgehead atoms. The van der Waals surface area contributed by atoms with Crippen LogP contribution in [0.3, 0.4) is 0 Å². The lowest BCUT2D eigenvalue weighted by Crippen LogP contribution is -2.23. The first-order valence-electron chi connectivity index (χ1n) is 7.51. The normalized spacial score (nSPS) is 10.2. The third-order valence-corrected chi connectivity index (χ3v) is 3.67. The van der Waals surface area contributed by atoms with Crippen LogP contribution >= 0.6 is 11.6 Å². The van der Waals surface area contributed by atoms with E-state index in [4.69, 9.17) is 11.6 Å². The van der Waals surface area contributed by atoms with E-state index in [2.05, 4.69) is 15.6 Å². The van der Waals surface area contributed by atoms with Crippen LogP contribution in [0.25, 0.3) is 0 Å². The molecule has 5 heteroatoms. The molecule has 0 aliphatic heterocycles. The largest absolute Gasteiger partial charge is 0.355 e. The molecule has 120 valence electrons. The molecular formula is C19H16ClN3O. The number of carbonyl (C=O) groups excluding carboxylic acids is 1. The van der Waals surface area contributed by atoms with Gasteiger partial charge in [-0.05, 0) is 42.0 Å². The van der Waals surface area contributed by atoms with Gasteiger partial charge in [-0.25, -0.2) is 0 Å². The summed E-state index contributed by atoms with van der Waals surface area (Å²) in [5, 5.41) is 6.77. The third kappa shape index (κ3) is 4.33. The number of nitrogens with one attached hydrogen (secondary N) is 2. The molecule has 2 aromatic carbocycles. The molecule has 2 N–H and O–H groups in total. The first-order chi connectivity index (χ1) is 11.7. The fourth-order valence-electron chi connectivity index (χ4n) is 2.20. The second-order valence-electron chi connectivity index (χ2n) is 5.23. The Hall–Kier alpha value is -2.85. The van der Waals surface area contributed by atoms with Gasteiger partial charge in [0.1, 0.15) is 5.69 Å². The highest BCUT2D eigenvalue weighted by Gasteiger charge is 2.08. The van der Waals surface area contributed by atoms with Crippen molar-refractivity contribution in [2.24, 2.45) is 0 Å². The van der Waals surface area contributed by atoms with E-state index in [0.29, 0.717) is 17.3 Å². The van der Waals surface area contributed by atoms with Gasteiger partial charge in [0.15, 0.2) is 0 Å². The molecule has 24 heavy (non-hydrogen) atoms. The van der Waals surface area contributed by atoms with Crippen LogP contribution in [-0.2, 0) is 6.54 Å². The molecule has 1 heterocycles. The van der Waals surface area contributed by atoms with Gasteiger partial charge in [-0.15, -0.1) is 0 Å². The number of rotatable bonds is 5. The second kappa shape index (κ2) is 7.62. The zero-order valence-electron chi connectivity index (χ0n) is 12.9. The fraction of sp³-hybridized carbons (Fsp3) is 0.0526. The zero-order chi connectivity index (χ0) is 16.8. The number of halogens is 1. The lowest BCUT2D eigenvalue weighted by Gasteiger charge is -2.08. The number of para-hydroxylation sites is 1. The molecule has 1 aromatic heterocycles. The highest BCUT2D eigenvalue weighted by atomic mass is 35.5. The number of aromatic nitrogens is 1. The van der Waals surface area contributed by atoms with Gasteiger partial charge in [0, 0.05) is 29.1 Å². The lowest BCUT2D eigenvalue weighted by molar-refractivity contribution is 0.0946. The van der Waals surface area contributed by atoms with Gasteiger partial charge in [0.05, 0.1) is 0 Å². The summed E-state index contributed by atoms with van der Waals surface area (Å²) in [4.78, 5) is 16.4. The summed E-state index contributed by atoms with van der Waals surface area (Å²) in [6.45, 7) is 0.425. The Morgan fingerprint density at radius 2 is 1.71 bits per heavy atom. The smallest absolute Gasteiger partial charge is 0.270 e. The molecule has 0 unspecified atom stereocenters. The molecule has 1 amide bonds. The van der Waals surface area contributed by atoms with Gasteiger partial charge >= 0.3 is 0 Å². The monoisotopic (exact) mass is 337 g/mol. The molecular weight excluding hydrogens is 322 g/mol. The van der Waals surface area contributed by atoms with Crippen LogP contribution in [-0.4, -0.2) is 10.9 Å². The highest BCUT2D eigenvalue weighted by Crippen LogP contribution is 2.16. The Morgan fingerprint density at radius 3 is 2.46 bits per heavy atom. The Morgan fingerprint density at radius 1 is 0.958 bits per heavy atom. The first kappa shape index (κ1) is 16.0. The molecule has 0 saturated heterocycles. The maximum Gasteiger partial charge on any atom is 0.270 e. The molecule has 4 nitrogen and oxygen atoms in total. The summed E-state index contributed by atoms with van der Waals surface area (Å²) in [5.41, 5.74) is 3.11. The van der Waals surface area contributed by atoms with E-state index in [1.807, 2.05) is 48.5 Å². The van der Waals surface area contributed by atoms with Crippen LogP contribution in [0, 0.1) is 0 Å². The SMILES string of the molecule is O=C(NCc1ccc(Cl)cc1)c1cc(Nc2ccccc2)ccn1. The quantitative estimate of drug-likeness (QED) is 0.725. The molecule has 3 rings (SSSR count). The average molecular weight is 338 g/mol. The number of hydrogen-bond acceptors (Lipinski definition) is 3. The minimum atomic E-state index is -0.221. The molecule has 0 saturated carbocycles. The number of hydrogen-bond donors (Lipinski definition) is 2. The minimum Gasteiger partial charge on any atom is -0.355 e. The summed E-state index contributed by atoms with van der Waals surface area (Å²) in [6, 6.07) is 20.7. The van der Waals surface area contributed by atoms with Gasteiger partial charge < -0.3 is 10.6 Å². The Balaban J connectivity index is 1.64. The summed E-state index contributed by atoms with van der Waals surface area (Å²) >= 11 is 5.85. The number of anilines is 2. The number of pyridine rings is 1. The van der Waals surface area contributed by atoms with E-state index in [0.717, 1.165) is 16.9 Å². The zero-order valence-corrected chi connectivity index (χ0v) is 13.6. The van der Waals surface area contributed by atoms with Crippen LogP contribution in [0.2, 0.25) is 5.02 Å². The Labute approximate surface area is 145 Å². The first-order valence-corrected chi connectivity index (χ1v) is 7.89. The van der Waals surface area contributed by atoms with Crippen molar-refractivity contribution in [2.75, 3.05) is 5.32 Å². The average Bonchev–Trinajstić information content (AvgIpc) is 2.62. The fourth-order valence-corrected chi connectivity index (χ4v) is 2.32. The van der Waals surface area contributed by atoms with Gasteiger partial charge in [-0.3, -0.25) is 9.78 Å². The van der Waals surface area contributed by atoms with Gasteiger partial charge in [0.25, 0.3) is 5.91 Å². The van der Waals surface area contributed by atoms with E-state index in [9.17, 15) is 4.79 Å². The Bertz CT molecular complexity index is 820. The number of benzene rings is 2.